The van der Waals surface area contributed by atoms with Crippen molar-refractivity contribution >= 4 is 38.4 Å². The fourth-order valence-corrected chi connectivity index (χ4v) is 7.44. The zero-order valence-corrected chi connectivity index (χ0v) is 19.8. The van der Waals surface area contributed by atoms with Gasteiger partial charge in [0, 0.05) is 23.0 Å². The van der Waals surface area contributed by atoms with Gasteiger partial charge < -0.3 is 15.4 Å². The first-order valence-corrected chi connectivity index (χ1v) is 13.4. The van der Waals surface area contributed by atoms with E-state index in [-0.39, 0.29) is 28.7 Å². The number of amidine groups is 1. The van der Waals surface area contributed by atoms with E-state index in [1.54, 1.807) is 6.07 Å². The molecule has 2 aromatic rings. The number of ether oxygens (including phenoxy) is 1. The molecular formula is C23H27N3O4S2. The van der Waals surface area contributed by atoms with Crippen molar-refractivity contribution in [2.45, 2.75) is 31.6 Å². The lowest BCUT2D eigenvalue weighted by atomic mass is 10.1. The third-order valence-corrected chi connectivity index (χ3v) is 8.63. The molecule has 2 aliphatic heterocycles. The molecule has 32 heavy (non-hydrogen) atoms. The summed E-state index contributed by atoms with van der Waals surface area (Å²) >= 11 is 1.47. The lowest BCUT2D eigenvalue weighted by Gasteiger charge is -2.12. The largest absolute Gasteiger partial charge is 0.494 e. The van der Waals surface area contributed by atoms with Crippen LogP contribution in [0.15, 0.2) is 47.5 Å². The lowest BCUT2D eigenvalue weighted by Crippen LogP contribution is -2.25. The first-order valence-electron chi connectivity index (χ1n) is 10.7. The number of fused-ring (bicyclic) bond motifs is 1. The third kappa shape index (κ3) is 5.45. The maximum absolute atomic E-state index is 12.6. The Labute approximate surface area is 193 Å². The van der Waals surface area contributed by atoms with Crippen LogP contribution in [0.25, 0.3) is 0 Å². The second-order valence-electron chi connectivity index (χ2n) is 7.97. The van der Waals surface area contributed by atoms with Gasteiger partial charge in [-0.3, -0.25) is 9.79 Å². The first kappa shape index (κ1) is 22.7. The molecule has 0 spiro atoms. The van der Waals surface area contributed by atoms with Crippen molar-refractivity contribution < 1.29 is 17.9 Å². The minimum absolute atomic E-state index is 0.0168. The topological polar surface area (TPSA) is 96.9 Å². The number of nitrogens with zero attached hydrogens (tertiary/aromatic N) is 1. The van der Waals surface area contributed by atoms with E-state index in [1.807, 2.05) is 50.2 Å². The van der Waals surface area contributed by atoms with E-state index in [1.165, 1.54) is 11.8 Å². The van der Waals surface area contributed by atoms with Gasteiger partial charge in [0.25, 0.3) is 5.91 Å². The number of hydrogen-bond donors (Lipinski definition) is 2. The Bertz CT molecular complexity index is 1130. The van der Waals surface area contributed by atoms with E-state index in [9.17, 15) is 13.2 Å². The van der Waals surface area contributed by atoms with Gasteiger partial charge in [-0.2, -0.15) is 0 Å². The summed E-state index contributed by atoms with van der Waals surface area (Å²) in [6.45, 7) is 5.08. The van der Waals surface area contributed by atoms with Gasteiger partial charge >= 0.3 is 0 Å². The number of rotatable bonds is 7. The molecule has 0 aliphatic carbocycles. The van der Waals surface area contributed by atoms with E-state index < -0.39 is 9.84 Å². The Kier molecular flexibility index (Phi) is 6.76. The molecule has 170 valence electrons. The maximum atomic E-state index is 12.6. The molecule has 0 radical (unpaired) electrons. The molecule has 2 aliphatic rings. The summed E-state index contributed by atoms with van der Waals surface area (Å²) < 4.78 is 28.9. The number of thioether (sulfide) groups is 1. The Morgan fingerprint density at radius 2 is 1.97 bits per heavy atom. The summed E-state index contributed by atoms with van der Waals surface area (Å²) in [5.41, 5.74) is 3.49. The molecule has 1 saturated heterocycles. The Balaban J connectivity index is 1.33. The Morgan fingerprint density at radius 1 is 1.19 bits per heavy atom. The molecule has 2 N–H and O–H groups in total. The predicted molar refractivity (Wildman–Crippen MR) is 130 cm³/mol. The van der Waals surface area contributed by atoms with Crippen LogP contribution in [0, 0.1) is 6.92 Å². The molecular weight excluding hydrogens is 446 g/mol. The molecule has 2 atom stereocenters. The summed E-state index contributed by atoms with van der Waals surface area (Å²) in [6.07, 6.45) is 0.730. The number of amides is 1. The van der Waals surface area contributed by atoms with Crippen LogP contribution >= 0.6 is 11.8 Å². The van der Waals surface area contributed by atoms with E-state index in [2.05, 4.69) is 15.6 Å². The van der Waals surface area contributed by atoms with Crippen LogP contribution in [0.4, 0.5) is 5.69 Å². The molecule has 0 aromatic heterocycles. The number of carbonyl (C=O) groups excluding carboxylic acids is 1. The molecule has 1 amide bonds. The van der Waals surface area contributed by atoms with Gasteiger partial charge in [0.05, 0.1) is 24.2 Å². The molecule has 2 heterocycles. The van der Waals surface area contributed by atoms with Crippen molar-refractivity contribution in [3.05, 3.63) is 59.2 Å². The van der Waals surface area contributed by atoms with E-state index in [4.69, 9.17) is 4.74 Å². The van der Waals surface area contributed by atoms with Crippen LogP contribution in [-0.2, 0) is 16.3 Å². The average molecular weight is 474 g/mol. The number of carbonyl (C=O) groups is 1. The molecule has 0 unspecified atom stereocenters. The van der Waals surface area contributed by atoms with Crippen molar-refractivity contribution in [2.75, 3.05) is 30.0 Å². The molecule has 0 saturated carbocycles. The van der Waals surface area contributed by atoms with Gasteiger partial charge in [-0.05, 0) is 55.7 Å². The molecule has 1 fully saturated rings. The molecule has 9 heteroatoms. The second-order valence-corrected chi connectivity index (χ2v) is 11.4. The normalized spacial score (nSPS) is 21.0. The van der Waals surface area contributed by atoms with Crippen molar-refractivity contribution in [1.82, 2.24) is 5.32 Å². The van der Waals surface area contributed by atoms with Crippen LogP contribution in [0.2, 0.25) is 0 Å². The van der Waals surface area contributed by atoms with Crippen LogP contribution in [0.3, 0.4) is 0 Å². The predicted octanol–water partition coefficient (Wildman–Crippen LogP) is 3.05. The summed E-state index contributed by atoms with van der Waals surface area (Å²) in [5.74, 6) is 0.997. The maximum Gasteiger partial charge on any atom is 0.251 e. The Hall–Kier alpha value is -2.52. The summed E-state index contributed by atoms with van der Waals surface area (Å²) in [4.78, 5) is 17.2. The van der Waals surface area contributed by atoms with Crippen molar-refractivity contribution in [3.8, 4) is 5.75 Å². The minimum atomic E-state index is -2.98. The highest BCUT2D eigenvalue weighted by Gasteiger charge is 2.42. The van der Waals surface area contributed by atoms with E-state index >= 15 is 0 Å². The van der Waals surface area contributed by atoms with Gasteiger partial charge in [-0.1, -0.05) is 30.0 Å². The molecule has 4 rings (SSSR count). The number of benzene rings is 2. The van der Waals surface area contributed by atoms with E-state index in [0.717, 1.165) is 29.0 Å². The summed E-state index contributed by atoms with van der Waals surface area (Å²) in [7, 11) is -2.98. The van der Waals surface area contributed by atoms with Crippen LogP contribution in [0.1, 0.15) is 28.4 Å². The van der Waals surface area contributed by atoms with Crippen LogP contribution in [-0.4, -0.2) is 55.4 Å². The smallest absolute Gasteiger partial charge is 0.251 e. The van der Waals surface area contributed by atoms with Gasteiger partial charge in [-0.15, -0.1) is 0 Å². The zero-order valence-electron chi connectivity index (χ0n) is 18.1. The molecule has 0 bridgehead atoms. The highest BCUT2D eigenvalue weighted by Crippen LogP contribution is 2.35. The highest BCUT2D eigenvalue weighted by atomic mass is 32.2. The third-order valence-electron chi connectivity index (χ3n) is 5.49. The Morgan fingerprint density at radius 3 is 2.69 bits per heavy atom. The van der Waals surface area contributed by atoms with Gasteiger partial charge in [0.1, 0.15) is 5.75 Å². The minimum Gasteiger partial charge on any atom is -0.494 e. The van der Waals surface area contributed by atoms with Gasteiger partial charge in [-0.25, -0.2) is 8.42 Å². The lowest BCUT2D eigenvalue weighted by molar-refractivity contribution is 0.0954. The monoisotopic (exact) mass is 473 g/mol. The fourth-order valence-electron chi connectivity index (χ4n) is 3.77. The van der Waals surface area contributed by atoms with Crippen molar-refractivity contribution in [2.24, 2.45) is 4.99 Å². The van der Waals surface area contributed by atoms with E-state index in [0.29, 0.717) is 23.9 Å². The zero-order chi connectivity index (χ0) is 22.7. The highest BCUT2D eigenvalue weighted by molar-refractivity contribution is 8.15. The summed E-state index contributed by atoms with van der Waals surface area (Å²) in [5, 5.41) is 6.95. The average Bonchev–Trinajstić information content (AvgIpc) is 3.23. The summed E-state index contributed by atoms with van der Waals surface area (Å²) in [6, 6.07) is 13.2. The number of hydrogen-bond acceptors (Lipinski definition) is 7. The SMILES string of the molecule is CCOc1ccc(CCNC(=O)c2ccc(C)c(NC3=N[C@@H]4CS(=O)(=O)C[C@@H]4S3)c2)cc1. The van der Waals surface area contributed by atoms with Crippen LogP contribution in [0.5, 0.6) is 5.75 Å². The fraction of sp³-hybridized carbons (Fsp3) is 0.391. The quantitative estimate of drug-likeness (QED) is 0.642. The number of aryl methyl sites for hydroxylation is 1. The van der Waals surface area contributed by atoms with Crippen LogP contribution < -0.4 is 15.4 Å². The standard InChI is InChI=1S/C23H27N3O4S2/c1-3-30-18-8-5-16(6-9-18)10-11-24-22(27)17-7-4-15(2)19(12-17)25-23-26-20-13-32(28,29)14-21(20)31-23/h4-9,12,20-21H,3,10-11,13-14H2,1-2H3,(H,24,27)(H,25,26)/t20-,21+/m1/s1. The number of nitrogens with one attached hydrogen (secondary N) is 2. The molecule has 2 aromatic carbocycles. The first-order chi connectivity index (χ1) is 15.3. The second kappa shape index (κ2) is 9.54. The molecule has 7 nitrogen and oxygen atoms in total. The van der Waals surface area contributed by atoms with Gasteiger partial charge in [0.2, 0.25) is 0 Å². The number of anilines is 1. The van der Waals surface area contributed by atoms with Gasteiger partial charge in [0.15, 0.2) is 15.0 Å². The number of sulfone groups is 1. The number of aliphatic imine (C=N–C) groups is 1. The van der Waals surface area contributed by atoms with Crippen molar-refractivity contribution in [1.29, 1.82) is 0 Å². The van der Waals surface area contributed by atoms with Crippen molar-refractivity contribution in [3.63, 3.8) is 0 Å².